The number of aromatic nitrogens is 1. The number of likely N-dealkylation sites (tertiary alicyclic amines) is 1. The fourth-order valence-electron chi connectivity index (χ4n) is 2.23. The highest BCUT2D eigenvalue weighted by Gasteiger charge is 2.24. The molecule has 4 nitrogen and oxygen atoms in total. The van der Waals surface area contributed by atoms with Gasteiger partial charge in [0.25, 0.3) is 0 Å². The molecule has 2 heterocycles. The van der Waals surface area contributed by atoms with E-state index in [1.165, 1.54) is 11.1 Å². The Morgan fingerprint density at radius 1 is 1.50 bits per heavy atom. The molecule has 0 saturated carbocycles. The maximum absolute atomic E-state index is 9.29. The van der Waals surface area contributed by atoms with E-state index in [0.29, 0.717) is 0 Å². The fraction of sp³-hybridized carbons (Fsp3) is 0.500. The molecule has 1 fully saturated rings. The van der Waals surface area contributed by atoms with Crippen LogP contribution in [0, 0.1) is 6.92 Å². The lowest BCUT2D eigenvalue weighted by molar-refractivity contribution is -0.00294. The third kappa shape index (κ3) is 2.71. The molecule has 1 aromatic rings. The molecule has 0 atom stereocenters. The van der Waals surface area contributed by atoms with Crippen LogP contribution in [0.4, 0.5) is 0 Å². The summed E-state index contributed by atoms with van der Waals surface area (Å²) in [5, 5.41) is 9.29. The predicted molar refractivity (Wildman–Crippen MR) is 74.0 cm³/mol. The maximum Gasteiger partial charge on any atom is 0.131 e. The number of hydrogen-bond acceptors (Lipinski definition) is 3. The zero-order valence-corrected chi connectivity index (χ0v) is 11.3. The number of nitrogens with zero attached hydrogens (tertiary/aromatic N) is 3. The molecule has 1 aromatic heterocycles. The lowest BCUT2D eigenvalue weighted by atomic mass is 10.1. The number of allylic oxidation sites excluding steroid dienone is 2. The van der Waals surface area contributed by atoms with Gasteiger partial charge in [0.2, 0.25) is 0 Å². The minimum Gasteiger partial charge on any atom is -0.390 e. The van der Waals surface area contributed by atoms with Crippen LogP contribution in [-0.2, 0) is 6.54 Å². The van der Waals surface area contributed by atoms with Crippen LogP contribution in [0.1, 0.15) is 18.1 Å². The Labute approximate surface area is 108 Å². The van der Waals surface area contributed by atoms with Gasteiger partial charge in [0.1, 0.15) is 5.84 Å². The van der Waals surface area contributed by atoms with Crippen LogP contribution in [-0.4, -0.2) is 46.7 Å². The standard InChI is InChI=1S/C14H21N3O/c1-4-5-14(15-3)17-6-11(2)12(8-17)7-16-9-13(18)10-16/h4-6,8,13,18H,7,9-10H2,1-3H3/b5-4-,15-14?. The van der Waals surface area contributed by atoms with Crippen molar-refractivity contribution < 1.29 is 5.11 Å². The van der Waals surface area contributed by atoms with Crippen molar-refractivity contribution in [2.75, 3.05) is 20.1 Å². The Kier molecular flexibility index (Phi) is 3.99. The first-order valence-electron chi connectivity index (χ1n) is 6.31. The van der Waals surface area contributed by atoms with Gasteiger partial charge in [-0.25, -0.2) is 0 Å². The first-order chi connectivity index (χ1) is 8.63. The topological polar surface area (TPSA) is 40.8 Å². The van der Waals surface area contributed by atoms with E-state index in [0.717, 1.165) is 25.5 Å². The molecule has 0 radical (unpaired) electrons. The molecule has 18 heavy (non-hydrogen) atoms. The minimum absolute atomic E-state index is 0.136. The highest BCUT2D eigenvalue weighted by atomic mass is 16.3. The van der Waals surface area contributed by atoms with Gasteiger partial charge in [-0.15, -0.1) is 0 Å². The van der Waals surface area contributed by atoms with Crippen molar-refractivity contribution in [1.29, 1.82) is 0 Å². The summed E-state index contributed by atoms with van der Waals surface area (Å²) in [6.45, 7) is 6.58. The second-order valence-corrected chi connectivity index (χ2v) is 4.80. The van der Waals surface area contributed by atoms with E-state index in [1.807, 2.05) is 19.1 Å². The summed E-state index contributed by atoms with van der Waals surface area (Å²) in [4.78, 5) is 6.51. The van der Waals surface area contributed by atoms with Gasteiger partial charge in [-0.05, 0) is 31.1 Å². The number of rotatable bonds is 3. The summed E-state index contributed by atoms with van der Waals surface area (Å²) in [5.41, 5.74) is 2.56. The normalized spacial score (nSPS) is 18.6. The first-order valence-corrected chi connectivity index (χ1v) is 6.31. The summed E-state index contributed by atoms with van der Waals surface area (Å²) >= 11 is 0. The van der Waals surface area contributed by atoms with E-state index in [2.05, 4.69) is 33.8 Å². The quantitative estimate of drug-likeness (QED) is 0.648. The van der Waals surface area contributed by atoms with Gasteiger partial charge >= 0.3 is 0 Å². The molecular formula is C14H21N3O. The van der Waals surface area contributed by atoms with E-state index in [9.17, 15) is 5.11 Å². The van der Waals surface area contributed by atoms with Gasteiger partial charge < -0.3 is 9.67 Å². The van der Waals surface area contributed by atoms with E-state index < -0.39 is 0 Å². The maximum atomic E-state index is 9.29. The lowest BCUT2D eigenvalue weighted by Gasteiger charge is -2.35. The first kappa shape index (κ1) is 13.1. The van der Waals surface area contributed by atoms with Crippen LogP contribution >= 0.6 is 0 Å². The minimum atomic E-state index is -0.136. The second kappa shape index (κ2) is 5.50. The van der Waals surface area contributed by atoms with Gasteiger partial charge in [0.05, 0.1) is 6.10 Å². The van der Waals surface area contributed by atoms with Crippen LogP contribution in [0.2, 0.25) is 0 Å². The molecule has 2 rings (SSSR count). The van der Waals surface area contributed by atoms with Crippen molar-refractivity contribution in [3.05, 3.63) is 35.7 Å². The van der Waals surface area contributed by atoms with Gasteiger partial charge in [0.15, 0.2) is 0 Å². The largest absolute Gasteiger partial charge is 0.390 e. The summed E-state index contributed by atoms with van der Waals surface area (Å²) < 4.78 is 2.06. The zero-order chi connectivity index (χ0) is 13.1. The molecule has 0 bridgehead atoms. The van der Waals surface area contributed by atoms with E-state index in [1.54, 1.807) is 7.05 Å². The summed E-state index contributed by atoms with van der Waals surface area (Å²) in [5.74, 6) is 0.940. The van der Waals surface area contributed by atoms with Crippen molar-refractivity contribution in [3.8, 4) is 0 Å². The van der Waals surface area contributed by atoms with Crippen LogP contribution in [0.3, 0.4) is 0 Å². The number of aliphatic hydroxyl groups excluding tert-OH is 1. The van der Waals surface area contributed by atoms with Crippen LogP contribution in [0.5, 0.6) is 0 Å². The molecule has 1 aliphatic heterocycles. The third-order valence-electron chi connectivity index (χ3n) is 3.28. The zero-order valence-electron chi connectivity index (χ0n) is 11.3. The van der Waals surface area contributed by atoms with Crippen LogP contribution in [0.25, 0.3) is 0 Å². The van der Waals surface area contributed by atoms with E-state index in [-0.39, 0.29) is 6.10 Å². The summed E-state index contributed by atoms with van der Waals surface area (Å²) in [7, 11) is 1.80. The van der Waals surface area contributed by atoms with Gasteiger partial charge in [-0.1, -0.05) is 6.08 Å². The van der Waals surface area contributed by atoms with Crippen LogP contribution in [0.15, 0.2) is 29.5 Å². The van der Waals surface area contributed by atoms with Crippen molar-refractivity contribution >= 4 is 5.84 Å². The Hall–Kier alpha value is -1.39. The smallest absolute Gasteiger partial charge is 0.131 e. The van der Waals surface area contributed by atoms with Crippen molar-refractivity contribution in [2.24, 2.45) is 4.99 Å². The average Bonchev–Trinajstić information content (AvgIpc) is 2.66. The number of aliphatic hydroxyl groups is 1. The Balaban J connectivity index is 2.11. The molecule has 0 aromatic carbocycles. The number of aliphatic imine (C=N–C) groups is 1. The predicted octanol–water partition coefficient (Wildman–Crippen LogP) is 1.43. The molecule has 0 spiro atoms. The van der Waals surface area contributed by atoms with Gasteiger partial charge in [-0.2, -0.15) is 0 Å². The molecule has 0 aliphatic carbocycles. The SMILES string of the molecule is C/C=C\C(=NC)n1cc(C)c(CN2CC(O)C2)c1. The number of β-amino-alcohol motifs (C(OH)–C–C–N with tert-alkyl or cyclic N) is 1. The summed E-state index contributed by atoms with van der Waals surface area (Å²) in [6.07, 6.45) is 8.08. The lowest BCUT2D eigenvalue weighted by Crippen LogP contribution is -2.49. The summed E-state index contributed by atoms with van der Waals surface area (Å²) in [6, 6.07) is 0. The van der Waals surface area contributed by atoms with Crippen molar-refractivity contribution in [2.45, 2.75) is 26.5 Å². The highest BCUT2D eigenvalue weighted by molar-refractivity contribution is 5.94. The second-order valence-electron chi connectivity index (χ2n) is 4.80. The van der Waals surface area contributed by atoms with E-state index >= 15 is 0 Å². The third-order valence-corrected chi connectivity index (χ3v) is 3.28. The van der Waals surface area contributed by atoms with Gasteiger partial charge in [-0.3, -0.25) is 9.89 Å². The average molecular weight is 247 g/mol. The molecule has 1 saturated heterocycles. The fourth-order valence-corrected chi connectivity index (χ4v) is 2.23. The molecule has 1 N–H and O–H groups in total. The van der Waals surface area contributed by atoms with Crippen molar-refractivity contribution in [3.63, 3.8) is 0 Å². The Bertz CT molecular complexity index is 467. The molecule has 1 aliphatic rings. The Morgan fingerprint density at radius 2 is 2.22 bits per heavy atom. The van der Waals surface area contributed by atoms with Crippen molar-refractivity contribution in [1.82, 2.24) is 9.47 Å². The molecular weight excluding hydrogens is 226 g/mol. The highest BCUT2D eigenvalue weighted by Crippen LogP contribution is 2.17. The molecule has 98 valence electrons. The monoisotopic (exact) mass is 247 g/mol. The Morgan fingerprint density at radius 3 is 2.78 bits per heavy atom. The number of aryl methyl sites for hydroxylation is 1. The van der Waals surface area contributed by atoms with Gasteiger partial charge in [0, 0.05) is 39.1 Å². The van der Waals surface area contributed by atoms with E-state index in [4.69, 9.17) is 0 Å². The molecule has 4 heteroatoms. The number of hydrogen-bond donors (Lipinski definition) is 1. The molecule has 0 amide bonds. The van der Waals surface area contributed by atoms with Crippen LogP contribution < -0.4 is 0 Å². The molecule has 0 unspecified atom stereocenters.